The van der Waals surface area contributed by atoms with Crippen LogP contribution in [0.25, 0.3) is 0 Å². The van der Waals surface area contributed by atoms with Gasteiger partial charge in [-0.2, -0.15) is 0 Å². The van der Waals surface area contributed by atoms with Gasteiger partial charge in [0.2, 0.25) is 0 Å². The number of anilines is 1. The molecular weight excluding hydrogens is 376 g/mol. The fourth-order valence-corrected chi connectivity index (χ4v) is 3.04. The van der Waals surface area contributed by atoms with Gasteiger partial charge in [0.1, 0.15) is 17.2 Å². The SMILES string of the molecule is CCCOc1cccc(Oc2ccc(NC(=O)c3ccc(CCC)nc3C)cc2)c1. The van der Waals surface area contributed by atoms with Gasteiger partial charge in [-0.25, -0.2) is 0 Å². The second kappa shape index (κ2) is 10.4. The van der Waals surface area contributed by atoms with Crippen molar-refractivity contribution in [3.8, 4) is 17.2 Å². The number of hydrogen-bond acceptors (Lipinski definition) is 4. The topological polar surface area (TPSA) is 60.5 Å². The normalized spacial score (nSPS) is 10.5. The Balaban J connectivity index is 1.62. The molecule has 0 atom stereocenters. The minimum Gasteiger partial charge on any atom is -0.493 e. The predicted octanol–water partition coefficient (Wildman–Crippen LogP) is 6.18. The first-order valence-electron chi connectivity index (χ1n) is 10.4. The smallest absolute Gasteiger partial charge is 0.257 e. The zero-order chi connectivity index (χ0) is 21.3. The number of nitrogens with one attached hydrogen (secondary N) is 1. The van der Waals surface area contributed by atoms with Crippen LogP contribution >= 0.6 is 0 Å². The summed E-state index contributed by atoms with van der Waals surface area (Å²) in [5, 5.41) is 2.92. The first-order valence-corrected chi connectivity index (χ1v) is 10.4. The lowest BCUT2D eigenvalue weighted by Crippen LogP contribution is -2.14. The molecule has 156 valence electrons. The van der Waals surface area contributed by atoms with E-state index in [9.17, 15) is 4.79 Å². The van der Waals surface area contributed by atoms with Crippen LogP contribution in [0.1, 0.15) is 48.4 Å². The Kier molecular flexibility index (Phi) is 7.44. The van der Waals surface area contributed by atoms with Gasteiger partial charge in [0.25, 0.3) is 5.91 Å². The van der Waals surface area contributed by atoms with E-state index in [0.717, 1.165) is 36.4 Å². The molecule has 0 aliphatic heterocycles. The number of rotatable bonds is 9. The summed E-state index contributed by atoms with van der Waals surface area (Å²) in [4.78, 5) is 17.1. The second-order valence-electron chi connectivity index (χ2n) is 7.09. The second-order valence-corrected chi connectivity index (χ2v) is 7.09. The minimum atomic E-state index is -0.169. The molecule has 0 fully saturated rings. The number of carbonyl (C=O) groups excluding carboxylic acids is 1. The van der Waals surface area contributed by atoms with Crippen molar-refractivity contribution < 1.29 is 14.3 Å². The van der Waals surface area contributed by atoms with Gasteiger partial charge in [0.05, 0.1) is 17.9 Å². The fraction of sp³-hybridized carbons (Fsp3) is 0.280. The van der Waals surface area contributed by atoms with Gasteiger partial charge in [-0.15, -0.1) is 0 Å². The number of pyridine rings is 1. The number of aromatic nitrogens is 1. The molecule has 0 saturated heterocycles. The van der Waals surface area contributed by atoms with E-state index in [0.29, 0.717) is 29.4 Å². The molecule has 2 aromatic carbocycles. The Morgan fingerprint density at radius 3 is 2.40 bits per heavy atom. The third-order valence-corrected chi connectivity index (χ3v) is 4.52. The van der Waals surface area contributed by atoms with Crippen molar-refractivity contribution in [1.82, 2.24) is 4.98 Å². The zero-order valence-electron chi connectivity index (χ0n) is 17.8. The summed E-state index contributed by atoms with van der Waals surface area (Å²) in [6.07, 6.45) is 2.90. The zero-order valence-corrected chi connectivity index (χ0v) is 17.8. The molecule has 0 aliphatic rings. The molecule has 3 aromatic rings. The standard InChI is InChI=1S/C25H28N2O3/c1-4-7-19-12-15-24(18(3)26-19)25(28)27-20-10-13-21(14-11-20)30-23-9-6-8-22(17-23)29-16-5-2/h6,8-15,17H,4-5,7,16H2,1-3H3,(H,27,28). The maximum Gasteiger partial charge on any atom is 0.257 e. The van der Waals surface area contributed by atoms with E-state index in [4.69, 9.17) is 9.47 Å². The van der Waals surface area contributed by atoms with Crippen molar-refractivity contribution in [2.75, 3.05) is 11.9 Å². The van der Waals surface area contributed by atoms with Crippen molar-refractivity contribution in [3.63, 3.8) is 0 Å². The Bertz CT molecular complexity index is 984. The number of aryl methyl sites for hydroxylation is 2. The highest BCUT2D eigenvalue weighted by atomic mass is 16.5. The van der Waals surface area contributed by atoms with E-state index in [1.165, 1.54) is 0 Å². The number of ether oxygens (including phenoxy) is 2. The van der Waals surface area contributed by atoms with E-state index in [1.807, 2.05) is 67.6 Å². The summed E-state index contributed by atoms with van der Waals surface area (Å²) in [5.41, 5.74) is 3.03. The fourth-order valence-electron chi connectivity index (χ4n) is 3.04. The summed E-state index contributed by atoms with van der Waals surface area (Å²) in [6.45, 7) is 6.72. The van der Waals surface area contributed by atoms with Crippen LogP contribution in [-0.4, -0.2) is 17.5 Å². The molecule has 0 aliphatic carbocycles. The number of carbonyl (C=O) groups is 1. The third-order valence-electron chi connectivity index (χ3n) is 4.52. The van der Waals surface area contributed by atoms with E-state index >= 15 is 0 Å². The molecule has 1 N–H and O–H groups in total. The summed E-state index contributed by atoms with van der Waals surface area (Å²) in [7, 11) is 0. The lowest BCUT2D eigenvalue weighted by molar-refractivity contribution is 0.102. The first kappa shape index (κ1) is 21.4. The Hall–Kier alpha value is -3.34. The van der Waals surface area contributed by atoms with Gasteiger partial charge in [0, 0.05) is 17.4 Å². The lowest BCUT2D eigenvalue weighted by Gasteiger charge is -2.11. The van der Waals surface area contributed by atoms with Crippen LogP contribution in [0.3, 0.4) is 0 Å². The largest absolute Gasteiger partial charge is 0.493 e. The molecule has 0 unspecified atom stereocenters. The summed E-state index contributed by atoms with van der Waals surface area (Å²) < 4.78 is 11.5. The molecular formula is C25H28N2O3. The van der Waals surface area contributed by atoms with Crippen LogP contribution in [0.5, 0.6) is 17.2 Å². The van der Waals surface area contributed by atoms with Gasteiger partial charge in [-0.1, -0.05) is 26.3 Å². The van der Waals surface area contributed by atoms with Gasteiger partial charge in [0.15, 0.2) is 0 Å². The third kappa shape index (κ3) is 5.83. The highest BCUT2D eigenvalue weighted by Crippen LogP contribution is 2.26. The van der Waals surface area contributed by atoms with Crippen molar-refractivity contribution in [2.45, 2.75) is 40.0 Å². The number of benzene rings is 2. The quantitative estimate of drug-likeness (QED) is 0.463. The van der Waals surface area contributed by atoms with E-state index < -0.39 is 0 Å². The molecule has 3 rings (SSSR count). The molecule has 0 bridgehead atoms. The van der Waals surface area contributed by atoms with Crippen LogP contribution < -0.4 is 14.8 Å². The Labute approximate surface area is 178 Å². The number of nitrogens with zero attached hydrogens (tertiary/aromatic N) is 1. The molecule has 0 saturated carbocycles. The van der Waals surface area contributed by atoms with Crippen molar-refractivity contribution in [2.24, 2.45) is 0 Å². The van der Waals surface area contributed by atoms with Crippen molar-refractivity contribution in [1.29, 1.82) is 0 Å². The Morgan fingerprint density at radius 1 is 0.933 bits per heavy atom. The lowest BCUT2D eigenvalue weighted by atomic mass is 10.1. The highest BCUT2D eigenvalue weighted by molar-refractivity contribution is 6.05. The molecule has 30 heavy (non-hydrogen) atoms. The maximum absolute atomic E-state index is 12.6. The van der Waals surface area contributed by atoms with Crippen molar-refractivity contribution in [3.05, 3.63) is 77.6 Å². The predicted molar refractivity (Wildman–Crippen MR) is 120 cm³/mol. The average Bonchev–Trinajstić information content (AvgIpc) is 2.74. The molecule has 0 radical (unpaired) electrons. The van der Waals surface area contributed by atoms with Gasteiger partial charge in [-0.3, -0.25) is 9.78 Å². The van der Waals surface area contributed by atoms with E-state index in [-0.39, 0.29) is 5.91 Å². The average molecular weight is 405 g/mol. The van der Waals surface area contributed by atoms with E-state index in [1.54, 1.807) is 0 Å². The number of amides is 1. The van der Waals surface area contributed by atoms with Crippen molar-refractivity contribution >= 4 is 11.6 Å². The molecule has 0 spiro atoms. The summed E-state index contributed by atoms with van der Waals surface area (Å²) >= 11 is 0. The van der Waals surface area contributed by atoms with E-state index in [2.05, 4.69) is 24.1 Å². The van der Waals surface area contributed by atoms with Crippen LogP contribution in [0.15, 0.2) is 60.7 Å². The summed E-state index contributed by atoms with van der Waals surface area (Å²) in [6, 6.07) is 18.6. The van der Waals surface area contributed by atoms with Gasteiger partial charge >= 0.3 is 0 Å². The molecule has 5 heteroatoms. The van der Waals surface area contributed by atoms with Crippen LogP contribution in [0.4, 0.5) is 5.69 Å². The Morgan fingerprint density at radius 2 is 1.70 bits per heavy atom. The highest BCUT2D eigenvalue weighted by Gasteiger charge is 2.11. The molecule has 1 heterocycles. The first-order chi connectivity index (χ1) is 14.6. The maximum atomic E-state index is 12.6. The minimum absolute atomic E-state index is 0.169. The van der Waals surface area contributed by atoms with Crippen LogP contribution in [-0.2, 0) is 6.42 Å². The monoisotopic (exact) mass is 404 g/mol. The summed E-state index contributed by atoms with van der Waals surface area (Å²) in [5.74, 6) is 2.00. The number of hydrogen-bond donors (Lipinski definition) is 1. The van der Waals surface area contributed by atoms with Crippen LogP contribution in [0.2, 0.25) is 0 Å². The van der Waals surface area contributed by atoms with Crippen LogP contribution in [0, 0.1) is 6.92 Å². The van der Waals surface area contributed by atoms with Gasteiger partial charge < -0.3 is 14.8 Å². The van der Waals surface area contributed by atoms with Gasteiger partial charge in [-0.05, 0) is 68.3 Å². The molecule has 1 amide bonds. The molecule has 1 aromatic heterocycles. The molecule has 5 nitrogen and oxygen atoms in total.